The van der Waals surface area contributed by atoms with Gasteiger partial charge >= 0.3 is 5.97 Å². The number of aliphatic hydroxyl groups is 4. The van der Waals surface area contributed by atoms with Crippen molar-refractivity contribution in [1.82, 2.24) is 29.8 Å². The highest BCUT2D eigenvalue weighted by molar-refractivity contribution is 5.73. The van der Waals surface area contributed by atoms with Crippen molar-refractivity contribution in [3.05, 3.63) is 66.2 Å². The van der Waals surface area contributed by atoms with Gasteiger partial charge in [-0.15, -0.1) is 5.10 Å². The fourth-order valence-corrected chi connectivity index (χ4v) is 11.7. The van der Waals surface area contributed by atoms with Crippen molar-refractivity contribution in [2.75, 3.05) is 34.3 Å². The van der Waals surface area contributed by atoms with E-state index in [0.29, 0.717) is 25.9 Å². The third-order valence-electron chi connectivity index (χ3n) is 16.6. The van der Waals surface area contributed by atoms with E-state index in [1.54, 1.807) is 34.1 Å². The number of rotatable bonds is 16. The lowest BCUT2D eigenvalue weighted by Gasteiger charge is -2.49. The molecule has 0 aliphatic carbocycles. The molecule has 1 aromatic carbocycles. The summed E-state index contributed by atoms with van der Waals surface area (Å²) in [6.07, 6.45) is 1.91. The lowest BCUT2D eigenvalue weighted by atomic mass is 9.77. The minimum Gasteiger partial charge on any atom is -0.459 e. The van der Waals surface area contributed by atoms with Crippen molar-refractivity contribution in [1.29, 1.82) is 0 Å². The minimum atomic E-state index is -1.82. The number of methoxy groups -OCH3 is 1. The van der Waals surface area contributed by atoms with Crippen LogP contribution >= 0.6 is 0 Å². The first-order valence-electron chi connectivity index (χ1n) is 27.1. The monoisotopic (exact) mass is 1040 g/mol. The summed E-state index contributed by atoms with van der Waals surface area (Å²) in [5, 5.41) is 57.6. The number of ether oxygens (including phenoxy) is 6. The summed E-state index contributed by atoms with van der Waals surface area (Å²) >= 11 is 0. The maximum Gasteiger partial charge on any atom is 0.311 e. The zero-order valence-corrected chi connectivity index (χ0v) is 46.5. The summed E-state index contributed by atoms with van der Waals surface area (Å²) in [6.45, 7) is 19.8. The number of esters is 1. The number of benzene rings is 1. The number of aromatic nitrogens is 4. The molecule has 18 nitrogen and oxygen atoms in total. The van der Waals surface area contributed by atoms with E-state index < -0.39 is 95.9 Å². The number of cyclic esters (lactones) is 1. The summed E-state index contributed by atoms with van der Waals surface area (Å²) in [6, 6.07) is 11.3. The van der Waals surface area contributed by atoms with E-state index in [1.807, 2.05) is 83.7 Å². The maximum absolute atomic E-state index is 14.5. The van der Waals surface area contributed by atoms with E-state index in [0.717, 1.165) is 42.6 Å². The quantitative estimate of drug-likeness (QED) is 0.0922. The first-order chi connectivity index (χ1) is 34.9. The van der Waals surface area contributed by atoms with Gasteiger partial charge in [0.05, 0.1) is 53.3 Å². The third kappa shape index (κ3) is 14.5. The van der Waals surface area contributed by atoms with Crippen LogP contribution in [-0.2, 0) is 52.6 Å². The van der Waals surface area contributed by atoms with E-state index >= 15 is 0 Å². The van der Waals surface area contributed by atoms with Crippen LogP contribution in [-0.4, -0.2) is 181 Å². The Balaban J connectivity index is 1.18. The minimum absolute atomic E-state index is 0.171. The normalized spacial score (nSPS) is 38.3. The zero-order valence-electron chi connectivity index (χ0n) is 46.5. The van der Waals surface area contributed by atoms with E-state index in [2.05, 4.69) is 50.5 Å². The van der Waals surface area contributed by atoms with Gasteiger partial charge in [-0.1, -0.05) is 56.3 Å². The molecule has 0 saturated carbocycles. The Morgan fingerprint density at radius 1 is 0.946 bits per heavy atom. The Morgan fingerprint density at radius 3 is 2.32 bits per heavy atom. The second-order valence-corrected chi connectivity index (χ2v) is 22.9. The SMILES string of the molecule is CC[C@H]1OC(=O)[C@H](C)[C@@H](O[C@H]2C[C@@](C)(OC)[C@@H](N)[C@H](C)O2)[C@H](C)[C@@H](O[C@@H]2O[C@H](C)C[C@H](N(C)CCc3cn(CCCCc4ccc(-c5cccnc5)cc4)nn3)[C@H]2O)[C@](C)(O)C[C@@H](C)CN(C)[C@H](C)[C@@H](O)[C@]1(C)O. The van der Waals surface area contributed by atoms with Gasteiger partial charge in [0.15, 0.2) is 12.6 Å². The van der Waals surface area contributed by atoms with Gasteiger partial charge in [-0.05, 0) is 130 Å². The highest BCUT2D eigenvalue weighted by atomic mass is 16.7. The van der Waals surface area contributed by atoms with Gasteiger partial charge in [0.25, 0.3) is 0 Å². The molecule has 0 spiro atoms. The molecule has 0 bridgehead atoms. The molecule has 0 radical (unpaired) electrons. The first-order valence-corrected chi connectivity index (χ1v) is 27.1. The van der Waals surface area contributed by atoms with Crippen molar-refractivity contribution >= 4 is 5.97 Å². The van der Waals surface area contributed by atoms with E-state index in [1.165, 1.54) is 12.5 Å². The van der Waals surface area contributed by atoms with Crippen LogP contribution in [0.5, 0.6) is 0 Å². The molecular formula is C56H91N7O11. The second-order valence-electron chi connectivity index (χ2n) is 22.9. The molecule has 6 rings (SSSR count). The molecule has 0 amide bonds. The van der Waals surface area contributed by atoms with Crippen molar-refractivity contribution in [2.24, 2.45) is 23.5 Å². The van der Waals surface area contributed by atoms with Gasteiger partial charge in [0.2, 0.25) is 0 Å². The van der Waals surface area contributed by atoms with Crippen LogP contribution < -0.4 is 5.73 Å². The fourth-order valence-electron chi connectivity index (χ4n) is 11.7. The molecule has 3 aromatic rings. The number of hydrogen-bond donors (Lipinski definition) is 5. The van der Waals surface area contributed by atoms with Gasteiger partial charge in [0, 0.05) is 76.2 Å². The number of hydrogen-bond acceptors (Lipinski definition) is 17. The zero-order chi connectivity index (χ0) is 54.3. The molecule has 0 unspecified atom stereocenters. The van der Waals surface area contributed by atoms with E-state index in [4.69, 9.17) is 34.2 Å². The second kappa shape index (κ2) is 25.8. The summed E-state index contributed by atoms with van der Waals surface area (Å²) in [5.41, 5.74) is 6.74. The molecule has 18 heteroatoms. The Morgan fingerprint density at radius 2 is 1.66 bits per heavy atom. The lowest BCUT2D eigenvalue weighted by molar-refractivity contribution is -0.311. The number of aliphatic hydroxyl groups excluding tert-OH is 2. The van der Waals surface area contributed by atoms with Gasteiger partial charge in [-0.25, -0.2) is 0 Å². The number of unbranched alkanes of at least 4 members (excludes halogenated alkanes) is 1. The molecule has 6 N–H and O–H groups in total. The summed E-state index contributed by atoms with van der Waals surface area (Å²) in [5.74, 6) is -2.64. The predicted molar refractivity (Wildman–Crippen MR) is 281 cm³/mol. The van der Waals surface area contributed by atoms with Gasteiger partial charge in [-0.3, -0.25) is 14.5 Å². The van der Waals surface area contributed by atoms with E-state index in [-0.39, 0.29) is 37.3 Å². The summed E-state index contributed by atoms with van der Waals surface area (Å²) in [7, 11) is 5.42. The number of pyridine rings is 1. The fraction of sp³-hybridized carbons (Fsp3) is 0.750. The van der Waals surface area contributed by atoms with Crippen LogP contribution in [0, 0.1) is 17.8 Å². The summed E-state index contributed by atoms with van der Waals surface area (Å²) in [4.78, 5) is 22.8. The number of nitrogens with zero attached hydrogens (tertiary/aromatic N) is 6. The molecule has 2 aromatic heterocycles. The molecule has 3 aliphatic rings. The van der Waals surface area contributed by atoms with Gasteiger partial charge in [0.1, 0.15) is 23.9 Å². The molecular weight excluding hydrogens is 947 g/mol. The molecule has 3 aliphatic heterocycles. The average Bonchev–Trinajstić information content (AvgIpc) is 3.83. The molecule has 3 saturated heterocycles. The van der Waals surface area contributed by atoms with Crippen molar-refractivity contribution < 1.29 is 53.6 Å². The maximum atomic E-state index is 14.5. The van der Waals surface area contributed by atoms with Crippen LogP contribution in [0.15, 0.2) is 55.0 Å². The third-order valence-corrected chi connectivity index (χ3v) is 16.6. The molecule has 18 atom stereocenters. The number of aryl methyl sites for hydroxylation is 2. The van der Waals surface area contributed by atoms with Crippen LogP contribution in [0.1, 0.15) is 119 Å². The van der Waals surface area contributed by atoms with E-state index in [9.17, 15) is 25.2 Å². The van der Waals surface area contributed by atoms with Crippen LogP contribution in [0.3, 0.4) is 0 Å². The van der Waals surface area contributed by atoms with Crippen LogP contribution in [0.2, 0.25) is 0 Å². The van der Waals surface area contributed by atoms with Gasteiger partial charge < -0.3 is 64.4 Å². The average molecular weight is 1040 g/mol. The van der Waals surface area contributed by atoms with Crippen LogP contribution in [0.25, 0.3) is 11.1 Å². The highest BCUT2D eigenvalue weighted by Gasteiger charge is 2.52. The topological polar surface area (TPSA) is 229 Å². The summed E-state index contributed by atoms with van der Waals surface area (Å²) < 4.78 is 40.7. The molecule has 416 valence electrons. The largest absolute Gasteiger partial charge is 0.459 e. The van der Waals surface area contributed by atoms with Crippen LogP contribution in [0.4, 0.5) is 0 Å². The lowest BCUT2D eigenvalue weighted by Crippen LogP contribution is -2.62. The van der Waals surface area contributed by atoms with Crippen molar-refractivity contribution in [2.45, 2.75) is 217 Å². The number of likely N-dealkylation sites (N-methyl/N-ethyl adjacent to an activating group) is 2. The van der Waals surface area contributed by atoms with Crippen molar-refractivity contribution in [3.8, 4) is 11.1 Å². The molecule has 74 heavy (non-hydrogen) atoms. The molecule has 3 fully saturated rings. The number of carbonyl (C=O) groups is 1. The standard InChI is InChI=1S/C56H91N7O11/c1-14-45-56(10,68)50(65)38(6)62(12)32-34(2)29-54(8,67)51(36(4)48(37(5)52(66)72-45)73-46-30-55(9,69-13)49(57)39(7)71-46)74-53-47(64)44(28-35(3)70-53)61(11)27-24-43-33-63(60-59-43)26-16-15-18-40-20-22-41(23-21-40)42-19-17-25-58-31-42/h17,19-23,25,31,33-39,44-51,53,64-65,67-68H,14-16,18,24,26-30,32,57H2,1-13H3/t34-,35-,36+,37-,38-,39+,44+,45-,46+,47-,48+,49+,50-,51-,53+,54-,55-,56-/m1/s1. The number of carbonyl (C=O) groups excluding carboxylic acids is 1. The first kappa shape index (κ1) is 59.7. The Bertz CT molecular complexity index is 2190. The smallest absolute Gasteiger partial charge is 0.311 e. The Hall–Kier alpha value is -3.50. The van der Waals surface area contributed by atoms with Gasteiger partial charge in [-0.2, -0.15) is 0 Å². The number of nitrogens with two attached hydrogens (primary N) is 1. The predicted octanol–water partition coefficient (Wildman–Crippen LogP) is 5.16. The van der Waals surface area contributed by atoms with Crippen molar-refractivity contribution in [3.63, 3.8) is 0 Å². The Labute approximate surface area is 440 Å². The Kier molecular flexibility index (Phi) is 20.8. The highest BCUT2D eigenvalue weighted by Crippen LogP contribution is 2.40. The molecule has 5 heterocycles.